The summed E-state index contributed by atoms with van der Waals surface area (Å²) in [4.78, 5) is 43.3. The molecule has 0 saturated heterocycles. The Bertz CT molecular complexity index is 1140. The highest BCUT2D eigenvalue weighted by Crippen LogP contribution is 2.18. The highest BCUT2D eigenvalue weighted by atomic mass is 32.1. The number of hydrogen-bond donors (Lipinski definition) is 2. The first-order chi connectivity index (χ1) is 15.7. The molecule has 3 rings (SSSR count). The van der Waals surface area contributed by atoms with Crippen molar-refractivity contribution in [3.05, 3.63) is 76.5 Å². The van der Waals surface area contributed by atoms with E-state index in [9.17, 15) is 18.8 Å². The number of para-hydroxylation sites is 1. The third-order valence-corrected chi connectivity index (χ3v) is 5.59. The third-order valence-electron chi connectivity index (χ3n) is 4.78. The SMILES string of the molecule is Cc1ccc(C(=O)N(CC(=O)Nc2nc(CC(=O)Nc3ccccc3F)cs2)C(C)C)cc1. The van der Waals surface area contributed by atoms with Gasteiger partial charge in [0.2, 0.25) is 11.8 Å². The molecule has 0 aliphatic carbocycles. The molecule has 0 bridgehead atoms. The van der Waals surface area contributed by atoms with Gasteiger partial charge in [-0.1, -0.05) is 29.8 Å². The molecule has 0 aliphatic heterocycles. The van der Waals surface area contributed by atoms with Gasteiger partial charge >= 0.3 is 0 Å². The molecule has 3 aromatic rings. The van der Waals surface area contributed by atoms with E-state index in [1.807, 2.05) is 32.9 Å². The van der Waals surface area contributed by atoms with Crippen LogP contribution in [0.5, 0.6) is 0 Å². The number of halogens is 1. The second-order valence-corrected chi connectivity index (χ2v) is 8.65. The molecule has 2 N–H and O–H groups in total. The fourth-order valence-electron chi connectivity index (χ4n) is 3.03. The molecular weight excluding hydrogens is 443 g/mol. The van der Waals surface area contributed by atoms with E-state index in [2.05, 4.69) is 15.6 Å². The highest BCUT2D eigenvalue weighted by molar-refractivity contribution is 7.13. The Labute approximate surface area is 195 Å². The number of nitrogens with zero attached hydrogens (tertiary/aromatic N) is 2. The predicted molar refractivity (Wildman–Crippen MR) is 127 cm³/mol. The van der Waals surface area contributed by atoms with Gasteiger partial charge < -0.3 is 15.5 Å². The van der Waals surface area contributed by atoms with Gasteiger partial charge in [0.25, 0.3) is 5.91 Å². The Balaban J connectivity index is 1.57. The lowest BCUT2D eigenvalue weighted by atomic mass is 10.1. The van der Waals surface area contributed by atoms with Crippen molar-refractivity contribution < 1.29 is 18.8 Å². The topological polar surface area (TPSA) is 91.4 Å². The minimum absolute atomic E-state index is 0.0647. The Kier molecular flexibility index (Phi) is 7.89. The molecule has 0 radical (unpaired) electrons. The average Bonchev–Trinajstić information content (AvgIpc) is 3.20. The molecule has 1 aromatic heterocycles. The Morgan fingerprint density at radius 1 is 1.03 bits per heavy atom. The number of amides is 3. The van der Waals surface area contributed by atoms with Gasteiger partial charge in [0.1, 0.15) is 12.4 Å². The maximum absolute atomic E-state index is 13.7. The first kappa shape index (κ1) is 24.1. The maximum atomic E-state index is 13.7. The van der Waals surface area contributed by atoms with Crippen LogP contribution >= 0.6 is 11.3 Å². The van der Waals surface area contributed by atoms with Crippen molar-refractivity contribution in [2.45, 2.75) is 33.2 Å². The maximum Gasteiger partial charge on any atom is 0.254 e. The lowest BCUT2D eigenvalue weighted by molar-refractivity contribution is -0.117. The number of carbonyl (C=O) groups is 3. The largest absolute Gasteiger partial charge is 0.327 e. The van der Waals surface area contributed by atoms with Crippen LogP contribution in [0.3, 0.4) is 0 Å². The number of carbonyl (C=O) groups excluding carboxylic acids is 3. The highest BCUT2D eigenvalue weighted by Gasteiger charge is 2.22. The van der Waals surface area contributed by atoms with E-state index in [0.717, 1.165) is 5.56 Å². The molecule has 0 spiro atoms. The molecular formula is C24H25FN4O3S. The van der Waals surface area contributed by atoms with Gasteiger partial charge in [-0.2, -0.15) is 0 Å². The fourth-order valence-corrected chi connectivity index (χ4v) is 3.76. The molecule has 172 valence electrons. The third kappa shape index (κ3) is 6.69. The average molecular weight is 469 g/mol. The standard InChI is InChI=1S/C24H25FN4O3S/c1-15(2)29(23(32)17-10-8-16(3)9-11-17)13-22(31)28-24-26-18(14-33-24)12-21(30)27-20-7-5-4-6-19(20)25/h4-11,14-15H,12-13H2,1-3H3,(H,27,30)(H,26,28,31). The lowest BCUT2D eigenvalue weighted by Gasteiger charge is -2.26. The van der Waals surface area contributed by atoms with Crippen molar-refractivity contribution >= 4 is 39.9 Å². The lowest BCUT2D eigenvalue weighted by Crippen LogP contribution is -2.42. The van der Waals surface area contributed by atoms with Crippen molar-refractivity contribution in [1.29, 1.82) is 0 Å². The van der Waals surface area contributed by atoms with Gasteiger partial charge in [0, 0.05) is 17.0 Å². The predicted octanol–water partition coefficient (Wildman–Crippen LogP) is 4.26. The molecule has 2 aromatic carbocycles. The minimum Gasteiger partial charge on any atom is -0.327 e. The van der Waals surface area contributed by atoms with E-state index in [4.69, 9.17) is 0 Å². The number of anilines is 2. The van der Waals surface area contributed by atoms with Gasteiger partial charge in [-0.3, -0.25) is 14.4 Å². The molecule has 0 atom stereocenters. The minimum atomic E-state index is -0.521. The van der Waals surface area contributed by atoms with Crippen LogP contribution in [0.1, 0.15) is 35.5 Å². The Morgan fingerprint density at radius 3 is 2.39 bits per heavy atom. The molecule has 1 heterocycles. The Morgan fingerprint density at radius 2 is 1.73 bits per heavy atom. The number of aromatic nitrogens is 1. The van der Waals surface area contributed by atoms with Crippen LogP contribution in [0.25, 0.3) is 0 Å². The number of rotatable bonds is 8. The van der Waals surface area contributed by atoms with E-state index in [-0.39, 0.29) is 36.5 Å². The summed E-state index contributed by atoms with van der Waals surface area (Å²) >= 11 is 1.17. The van der Waals surface area contributed by atoms with Crippen LogP contribution in [0.2, 0.25) is 0 Å². The molecule has 3 amide bonds. The van der Waals surface area contributed by atoms with Crippen LogP contribution < -0.4 is 10.6 Å². The molecule has 9 heteroatoms. The normalized spacial score (nSPS) is 10.7. The van der Waals surface area contributed by atoms with Gasteiger partial charge in [-0.25, -0.2) is 9.37 Å². The van der Waals surface area contributed by atoms with Crippen molar-refractivity contribution in [3.8, 4) is 0 Å². The van der Waals surface area contributed by atoms with Crippen molar-refractivity contribution in [2.24, 2.45) is 0 Å². The summed E-state index contributed by atoms with van der Waals surface area (Å²) in [5.41, 5.74) is 2.10. The van der Waals surface area contributed by atoms with E-state index >= 15 is 0 Å². The summed E-state index contributed by atoms with van der Waals surface area (Å²) < 4.78 is 13.7. The molecule has 0 unspecified atom stereocenters. The van der Waals surface area contributed by atoms with Crippen LogP contribution in [0.4, 0.5) is 15.2 Å². The number of aryl methyl sites for hydroxylation is 1. The number of nitrogens with one attached hydrogen (secondary N) is 2. The van der Waals surface area contributed by atoms with Crippen LogP contribution in [-0.2, 0) is 16.0 Å². The zero-order valence-corrected chi connectivity index (χ0v) is 19.4. The molecule has 0 saturated carbocycles. The second-order valence-electron chi connectivity index (χ2n) is 7.79. The summed E-state index contributed by atoms with van der Waals surface area (Å²) in [5.74, 6) is -1.56. The first-order valence-electron chi connectivity index (χ1n) is 10.4. The molecule has 33 heavy (non-hydrogen) atoms. The van der Waals surface area contributed by atoms with Gasteiger partial charge in [-0.15, -0.1) is 11.3 Å². The van der Waals surface area contributed by atoms with Gasteiger partial charge in [-0.05, 0) is 45.0 Å². The summed E-state index contributed by atoms with van der Waals surface area (Å²) in [6.07, 6.45) is -0.0647. The fraction of sp³-hybridized carbons (Fsp3) is 0.250. The number of benzene rings is 2. The zero-order valence-electron chi connectivity index (χ0n) is 18.6. The second kappa shape index (κ2) is 10.8. The quantitative estimate of drug-likeness (QED) is 0.517. The number of thiazole rings is 1. The van der Waals surface area contributed by atoms with E-state index in [1.165, 1.54) is 34.4 Å². The smallest absolute Gasteiger partial charge is 0.254 e. The summed E-state index contributed by atoms with van der Waals surface area (Å²) in [6, 6.07) is 12.9. The summed E-state index contributed by atoms with van der Waals surface area (Å²) in [7, 11) is 0. The zero-order chi connectivity index (χ0) is 24.0. The number of hydrogen-bond acceptors (Lipinski definition) is 5. The van der Waals surface area contributed by atoms with Crippen molar-refractivity contribution in [1.82, 2.24) is 9.88 Å². The van der Waals surface area contributed by atoms with Crippen molar-refractivity contribution in [2.75, 3.05) is 17.2 Å². The van der Waals surface area contributed by atoms with Crippen LogP contribution in [0.15, 0.2) is 53.9 Å². The molecule has 0 aliphatic rings. The molecule has 7 nitrogen and oxygen atoms in total. The van der Waals surface area contributed by atoms with Crippen molar-refractivity contribution in [3.63, 3.8) is 0 Å². The van der Waals surface area contributed by atoms with Crippen LogP contribution in [-0.4, -0.2) is 40.2 Å². The van der Waals surface area contributed by atoms with E-state index < -0.39 is 11.7 Å². The first-order valence-corrected chi connectivity index (χ1v) is 11.3. The van der Waals surface area contributed by atoms with Gasteiger partial charge in [0.15, 0.2) is 5.13 Å². The summed E-state index contributed by atoms with van der Waals surface area (Å²) in [6.45, 7) is 5.49. The monoisotopic (exact) mass is 468 g/mol. The molecule has 0 fully saturated rings. The van der Waals surface area contributed by atoms with Crippen LogP contribution in [0, 0.1) is 12.7 Å². The van der Waals surface area contributed by atoms with Gasteiger partial charge in [0.05, 0.1) is 17.8 Å². The van der Waals surface area contributed by atoms with E-state index in [1.54, 1.807) is 23.6 Å². The van der Waals surface area contributed by atoms with E-state index in [0.29, 0.717) is 16.4 Å². The Hall–Kier alpha value is -3.59. The summed E-state index contributed by atoms with van der Waals surface area (Å²) in [5, 5.41) is 7.14.